The minimum atomic E-state index is 0.0618. The number of benzene rings is 1. The molecule has 0 radical (unpaired) electrons. The third-order valence-corrected chi connectivity index (χ3v) is 6.77. The van der Waals surface area contributed by atoms with Crippen LogP contribution in [-0.2, 0) is 12.0 Å². The SMILES string of the molecule is COc1ccc(C(C)(C)C)cc1[C@H]1CCCn2cc(-c3ccc(-n4cnc(C)c4)c(OC)n3)nc21. The Bertz CT molecular complexity index is 1360. The molecule has 0 spiro atoms. The highest BCUT2D eigenvalue weighted by Crippen LogP contribution is 2.40. The third-order valence-electron chi connectivity index (χ3n) is 6.77. The van der Waals surface area contributed by atoms with Crippen molar-refractivity contribution in [2.75, 3.05) is 14.2 Å². The normalized spacial score (nSPS) is 15.7. The topological polar surface area (TPSA) is 67.0 Å². The Morgan fingerprint density at radius 2 is 1.80 bits per heavy atom. The highest BCUT2D eigenvalue weighted by molar-refractivity contribution is 5.59. The van der Waals surface area contributed by atoms with Crippen LogP contribution in [0.5, 0.6) is 11.6 Å². The molecule has 0 saturated heterocycles. The van der Waals surface area contributed by atoms with Gasteiger partial charge in [-0.05, 0) is 48.9 Å². The van der Waals surface area contributed by atoms with Crippen LogP contribution in [0.2, 0.25) is 0 Å². The van der Waals surface area contributed by atoms with E-state index in [1.54, 1.807) is 20.5 Å². The fourth-order valence-electron chi connectivity index (χ4n) is 4.85. The minimum Gasteiger partial charge on any atom is -0.496 e. The molecule has 0 bridgehead atoms. The monoisotopic (exact) mass is 471 g/mol. The van der Waals surface area contributed by atoms with Crippen LogP contribution in [0.25, 0.3) is 17.1 Å². The Morgan fingerprint density at radius 1 is 0.971 bits per heavy atom. The van der Waals surface area contributed by atoms with E-state index in [1.807, 2.05) is 29.8 Å². The molecule has 5 rings (SSSR count). The molecule has 0 aliphatic carbocycles. The van der Waals surface area contributed by atoms with Crippen molar-refractivity contribution in [2.45, 2.75) is 58.4 Å². The van der Waals surface area contributed by atoms with E-state index in [0.717, 1.165) is 53.7 Å². The molecule has 1 aliphatic heterocycles. The van der Waals surface area contributed by atoms with Crippen LogP contribution in [-0.4, -0.2) is 38.3 Å². The summed E-state index contributed by atoms with van der Waals surface area (Å²) >= 11 is 0. The van der Waals surface area contributed by atoms with Gasteiger partial charge in [0.05, 0.1) is 31.9 Å². The predicted molar refractivity (Wildman–Crippen MR) is 137 cm³/mol. The molecular formula is C28H33N5O2. The number of ether oxygens (including phenoxy) is 2. The molecule has 182 valence electrons. The summed E-state index contributed by atoms with van der Waals surface area (Å²) in [6, 6.07) is 10.6. The number of aryl methyl sites for hydroxylation is 2. The van der Waals surface area contributed by atoms with Crippen LogP contribution in [0.1, 0.15) is 62.2 Å². The number of aromatic nitrogens is 5. The minimum absolute atomic E-state index is 0.0618. The molecule has 7 heteroatoms. The molecular weight excluding hydrogens is 438 g/mol. The van der Waals surface area contributed by atoms with Crippen molar-refractivity contribution in [3.8, 4) is 28.7 Å². The molecule has 0 saturated carbocycles. The standard InChI is InChI=1S/C28H33N5O2/c1-18-15-33(17-29-18)24-11-10-22(31-27(24)35-6)23-16-32-13-7-8-20(26(32)30-23)21-14-19(28(2,3)4)9-12-25(21)34-5/h9-12,14-17,20H,7-8,13H2,1-6H3/t20-/m1/s1. The second-order valence-corrected chi connectivity index (χ2v) is 10.2. The van der Waals surface area contributed by atoms with E-state index < -0.39 is 0 Å². The number of hydrogen-bond acceptors (Lipinski definition) is 5. The fraction of sp³-hybridized carbons (Fsp3) is 0.393. The Morgan fingerprint density at radius 3 is 2.49 bits per heavy atom. The van der Waals surface area contributed by atoms with Crippen LogP contribution in [0.3, 0.4) is 0 Å². The second-order valence-electron chi connectivity index (χ2n) is 10.2. The van der Waals surface area contributed by atoms with E-state index in [4.69, 9.17) is 19.4 Å². The summed E-state index contributed by atoms with van der Waals surface area (Å²) in [5, 5.41) is 0. The molecule has 0 fully saturated rings. The molecule has 1 aromatic carbocycles. The van der Waals surface area contributed by atoms with Crippen LogP contribution >= 0.6 is 0 Å². The zero-order valence-electron chi connectivity index (χ0n) is 21.4. The van der Waals surface area contributed by atoms with Gasteiger partial charge in [0.25, 0.3) is 0 Å². The molecule has 3 aromatic heterocycles. The first kappa shape index (κ1) is 23.1. The first-order valence-corrected chi connectivity index (χ1v) is 12.1. The number of hydrogen-bond donors (Lipinski definition) is 0. The van der Waals surface area contributed by atoms with Gasteiger partial charge in [-0.15, -0.1) is 0 Å². The quantitative estimate of drug-likeness (QED) is 0.375. The first-order chi connectivity index (χ1) is 16.8. The summed E-state index contributed by atoms with van der Waals surface area (Å²) in [5.74, 6) is 2.69. The van der Waals surface area contributed by atoms with Gasteiger partial charge in [0.2, 0.25) is 5.88 Å². The van der Waals surface area contributed by atoms with Gasteiger partial charge in [-0.3, -0.25) is 0 Å². The van der Waals surface area contributed by atoms with Crippen molar-refractivity contribution in [3.63, 3.8) is 0 Å². The predicted octanol–water partition coefficient (Wildman–Crippen LogP) is 5.68. The molecule has 0 N–H and O–H groups in total. The second kappa shape index (κ2) is 8.87. The Kier molecular flexibility index (Phi) is 5.87. The summed E-state index contributed by atoms with van der Waals surface area (Å²) in [4.78, 5) is 14.2. The number of fused-ring (bicyclic) bond motifs is 1. The molecule has 1 aliphatic rings. The lowest BCUT2D eigenvalue weighted by atomic mass is 9.82. The Hall–Kier alpha value is -3.61. The maximum atomic E-state index is 5.79. The number of imidazole rings is 2. The summed E-state index contributed by atoms with van der Waals surface area (Å²) in [6.45, 7) is 9.64. The Labute approximate surface area is 206 Å². The average molecular weight is 472 g/mol. The lowest BCUT2D eigenvalue weighted by Gasteiger charge is -2.27. The van der Waals surface area contributed by atoms with E-state index in [9.17, 15) is 0 Å². The number of rotatable bonds is 5. The van der Waals surface area contributed by atoms with Gasteiger partial charge in [-0.1, -0.05) is 32.9 Å². The highest BCUT2D eigenvalue weighted by atomic mass is 16.5. The lowest BCUT2D eigenvalue weighted by Crippen LogP contribution is -2.18. The number of methoxy groups -OCH3 is 2. The fourth-order valence-corrected chi connectivity index (χ4v) is 4.85. The van der Waals surface area contributed by atoms with Gasteiger partial charge in [-0.2, -0.15) is 0 Å². The van der Waals surface area contributed by atoms with Crippen molar-refractivity contribution in [3.05, 3.63) is 71.7 Å². The Balaban J connectivity index is 1.55. The van der Waals surface area contributed by atoms with E-state index in [2.05, 4.69) is 54.7 Å². The van der Waals surface area contributed by atoms with Gasteiger partial charge in [-0.25, -0.2) is 15.0 Å². The van der Waals surface area contributed by atoms with Crippen molar-refractivity contribution >= 4 is 0 Å². The maximum Gasteiger partial charge on any atom is 0.238 e. The molecule has 7 nitrogen and oxygen atoms in total. The van der Waals surface area contributed by atoms with Crippen molar-refractivity contribution in [2.24, 2.45) is 0 Å². The van der Waals surface area contributed by atoms with Gasteiger partial charge in [0.15, 0.2) is 0 Å². The van der Waals surface area contributed by atoms with Crippen LogP contribution in [0, 0.1) is 6.92 Å². The van der Waals surface area contributed by atoms with E-state index in [-0.39, 0.29) is 11.3 Å². The molecule has 0 unspecified atom stereocenters. The van der Waals surface area contributed by atoms with Gasteiger partial charge >= 0.3 is 0 Å². The van der Waals surface area contributed by atoms with Crippen LogP contribution < -0.4 is 9.47 Å². The van der Waals surface area contributed by atoms with E-state index >= 15 is 0 Å². The molecule has 4 aromatic rings. The van der Waals surface area contributed by atoms with Gasteiger partial charge in [0.1, 0.15) is 23.0 Å². The summed E-state index contributed by atoms with van der Waals surface area (Å²) in [5.41, 5.74) is 6.00. The lowest BCUT2D eigenvalue weighted by molar-refractivity contribution is 0.396. The first-order valence-electron chi connectivity index (χ1n) is 12.1. The molecule has 1 atom stereocenters. The summed E-state index contributed by atoms with van der Waals surface area (Å²) in [6.07, 6.45) is 7.97. The van der Waals surface area contributed by atoms with Crippen molar-refractivity contribution in [1.82, 2.24) is 24.1 Å². The van der Waals surface area contributed by atoms with Crippen molar-refractivity contribution in [1.29, 1.82) is 0 Å². The zero-order chi connectivity index (χ0) is 24.7. The third kappa shape index (κ3) is 4.31. The maximum absolute atomic E-state index is 5.79. The average Bonchev–Trinajstić information content (AvgIpc) is 3.48. The van der Waals surface area contributed by atoms with Gasteiger partial charge in [0, 0.05) is 30.4 Å². The number of nitrogens with zero attached hydrogens (tertiary/aromatic N) is 5. The molecule has 0 amide bonds. The van der Waals surface area contributed by atoms with Crippen LogP contribution in [0.4, 0.5) is 0 Å². The zero-order valence-corrected chi connectivity index (χ0v) is 21.4. The van der Waals surface area contributed by atoms with E-state index in [1.165, 1.54) is 11.1 Å². The highest BCUT2D eigenvalue weighted by Gasteiger charge is 2.29. The smallest absolute Gasteiger partial charge is 0.238 e. The molecule has 4 heterocycles. The largest absolute Gasteiger partial charge is 0.496 e. The van der Waals surface area contributed by atoms with Gasteiger partial charge < -0.3 is 18.6 Å². The van der Waals surface area contributed by atoms with E-state index in [0.29, 0.717) is 5.88 Å². The number of pyridine rings is 1. The van der Waals surface area contributed by atoms with Crippen LogP contribution in [0.15, 0.2) is 49.1 Å². The molecule has 35 heavy (non-hydrogen) atoms. The summed E-state index contributed by atoms with van der Waals surface area (Å²) in [7, 11) is 3.39. The summed E-state index contributed by atoms with van der Waals surface area (Å²) < 4.78 is 15.6. The van der Waals surface area contributed by atoms with Crippen molar-refractivity contribution < 1.29 is 9.47 Å².